The van der Waals surface area contributed by atoms with Gasteiger partial charge in [0.15, 0.2) is 5.15 Å². The van der Waals surface area contributed by atoms with Crippen molar-refractivity contribution >= 4 is 23.2 Å². The molecule has 25 heavy (non-hydrogen) atoms. The average Bonchev–Trinajstić information content (AvgIpc) is 3.27. The Balaban J connectivity index is 1.53. The van der Waals surface area contributed by atoms with Crippen LogP contribution in [0.1, 0.15) is 30.1 Å². The van der Waals surface area contributed by atoms with Gasteiger partial charge in [-0.2, -0.15) is 0 Å². The number of hydrogen-bond donors (Lipinski definition) is 0. The van der Waals surface area contributed by atoms with Gasteiger partial charge >= 0.3 is 6.09 Å². The van der Waals surface area contributed by atoms with E-state index in [1.165, 1.54) is 0 Å². The predicted octanol–water partition coefficient (Wildman–Crippen LogP) is 4.46. The number of ether oxygens (including phenoxy) is 1. The van der Waals surface area contributed by atoms with Gasteiger partial charge in [-0.15, -0.1) is 0 Å². The summed E-state index contributed by atoms with van der Waals surface area (Å²) in [6.45, 7) is 0.984. The third kappa shape index (κ3) is 3.07. The molecule has 0 bridgehead atoms. The number of halogens is 1. The van der Waals surface area contributed by atoms with Crippen molar-refractivity contribution in [2.45, 2.75) is 25.5 Å². The lowest BCUT2D eigenvalue weighted by Gasteiger charge is -2.24. The fourth-order valence-corrected chi connectivity index (χ4v) is 3.61. The predicted molar refractivity (Wildman–Crippen MR) is 95.5 cm³/mol. The van der Waals surface area contributed by atoms with Gasteiger partial charge in [-0.05, 0) is 30.5 Å². The summed E-state index contributed by atoms with van der Waals surface area (Å²) in [6, 6.07) is 13.7. The molecule has 0 aliphatic carbocycles. The number of hydrogen-bond acceptors (Lipinski definition) is 3. The molecule has 128 valence electrons. The molecule has 1 unspecified atom stereocenters. The van der Waals surface area contributed by atoms with E-state index in [1.54, 1.807) is 11.1 Å². The fraction of sp³-hybridized carbons (Fsp3) is 0.263. The maximum Gasteiger partial charge on any atom is 0.410 e. The van der Waals surface area contributed by atoms with Gasteiger partial charge in [-0.3, -0.25) is 4.90 Å². The summed E-state index contributed by atoms with van der Waals surface area (Å²) < 4.78 is 7.52. The van der Waals surface area contributed by atoms with E-state index in [0.717, 1.165) is 29.6 Å². The number of carbonyl (C=O) groups excluding carboxylic acids is 1. The summed E-state index contributed by atoms with van der Waals surface area (Å²) >= 11 is 6.16. The fourth-order valence-electron chi connectivity index (χ4n) is 3.40. The first-order chi connectivity index (χ1) is 12.2. The Hall–Kier alpha value is -2.53. The number of amides is 1. The van der Waals surface area contributed by atoms with Crippen LogP contribution in [0.4, 0.5) is 4.79 Å². The lowest BCUT2D eigenvalue weighted by molar-refractivity contribution is 0.0914. The van der Waals surface area contributed by atoms with Crippen LogP contribution in [0.5, 0.6) is 0 Å². The van der Waals surface area contributed by atoms with Crippen molar-refractivity contribution in [1.82, 2.24) is 14.3 Å². The Morgan fingerprint density at radius 3 is 2.92 bits per heavy atom. The van der Waals surface area contributed by atoms with Crippen molar-refractivity contribution in [2.75, 3.05) is 6.54 Å². The number of likely N-dealkylation sites (tertiary alicyclic amines) is 1. The van der Waals surface area contributed by atoms with Gasteiger partial charge in [-0.1, -0.05) is 41.9 Å². The van der Waals surface area contributed by atoms with Gasteiger partial charge in [0.25, 0.3) is 0 Å². The molecule has 2 aromatic heterocycles. The second kappa shape index (κ2) is 6.76. The van der Waals surface area contributed by atoms with E-state index in [9.17, 15) is 4.79 Å². The molecule has 4 rings (SSSR count). The zero-order valence-corrected chi connectivity index (χ0v) is 14.4. The summed E-state index contributed by atoms with van der Waals surface area (Å²) in [5, 5.41) is 0.463. The van der Waals surface area contributed by atoms with Gasteiger partial charge in [0.05, 0.1) is 11.6 Å². The third-order valence-electron chi connectivity index (χ3n) is 4.60. The number of aromatic nitrogens is 2. The minimum Gasteiger partial charge on any atom is -0.445 e. The minimum atomic E-state index is -0.276. The molecule has 1 aliphatic heterocycles. The maximum absolute atomic E-state index is 12.6. The zero-order chi connectivity index (χ0) is 17.2. The van der Waals surface area contributed by atoms with Crippen molar-refractivity contribution in [3.63, 3.8) is 0 Å². The van der Waals surface area contributed by atoms with Crippen LogP contribution in [0, 0.1) is 0 Å². The topological polar surface area (TPSA) is 46.8 Å². The van der Waals surface area contributed by atoms with E-state index in [4.69, 9.17) is 16.3 Å². The SMILES string of the molecule is O=C(OCc1ccccc1)N1CCCC1c1ccc2c(Cl)nccn12. The summed E-state index contributed by atoms with van der Waals surface area (Å²) in [5.74, 6) is 0. The van der Waals surface area contributed by atoms with E-state index >= 15 is 0 Å². The van der Waals surface area contributed by atoms with Gasteiger partial charge < -0.3 is 9.14 Å². The second-order valence-electron chi connectivity index (χ2n) is 6.12. The summed E-state index contributed by atoms with van der Waals surface area (Å²) in [5.41, 5.74) is 2.87. The van der Waals surface area contributed by atoms with Crippen LogP contribution in [-0.2, 0) is 11.3 Å². The number of carbonyl (C=O) groups is 1. The first-order valence-corrected chi connectivity index (χ1v) is 8.70. The zero-order valence-electron chi connectivity index (χ0n) is 13.6. The molecule has 1 aliphatic rings. The van der Waals surface area contributed by atoms with Crippen LogP contribution in [0.25, 0.3) is 5.52 Å². The monoisotopic (exact) mass is 355 g/mol. The molecule has 6 heteroatoms. The standard InChI is InChI=1S/C19H18ClN3O2/c20-18-17-9-8-16(22(17)12-10-21-18)15-7-4-11-23(15)19(24)25-13-14-5-2-1-3-6-14/h1-3,5-6,8-10,12,15H,4,7,11,13H2. The van der Waals surface area contributed by atoms with Crippen molar-refractivity contribution in [1.29, 1.82) is 0 Å². The Bertz CT molecular complexity index is 894. The highest BCUT2D eigenvalue weighted by molar-refractivity contribution is 6.32. The van der Waals surface area contributed by atoms with Crippen LogP contribution in [0.2, 0.25) is 5.15 Å². The van der Waals surface area contributed by atoms with Gasteiger partial charge in [0.1, 0.15) is 6.61 Å². The molecule has 3 heterocycles. The van der Waals surface area contributed by atoms with Crippen LogP contribution in [0.3, 0.4) is 0 Å². The van der Waals surface area contributed by atoms with Crippen molar-refractivity contribution < 1.29 is 9.53 Å². The Morgan fingerprint density at radius 1 is 1.24 bits per heavy atom. The number of nitrogens with zero attached hydrogens (tertiary/aromatic N) is 3. The van der Waals surface area contributed by atoms with E-state index < -0.39 is 0 Å². The van der Waals surface area contributed by atoms with Crippen LogP contribution in [0.15, 0.2) is 54.9 Å². The highest BCUT2D eigenvalue weighted by Gasteiger charge is 2.32. The highest BCUT2D eigenvalue weighted by atomic mass is 35.5. The largest absolute Gasteiger partial charge is 0.445 e. The van der Waals surface area contributed by atoms with E-state index in [1.807, 2.05) is 53.1 Å². The lowest BCUT2D eigenvalue weighted by atomic mass is 10.1. The Labute approximate surface area is 150 Å². The van der Waals surface area contributed by atoms with Gasteiger partial charge in [-0.25, -0.2) is 9.78 Å². The molecular formula is C19H18ClN3O2. The van der Waals surface area contributed by atoms with Crippen LogP contribution in [-0.4, -0.2) is 26.9 Å². The smallest absolute Gasteiger partial charge is 0.410 e. The third-order valence-corrected chi connectivity index (χ3v) is 4.89. The molecule has 1 aromatic carbocycles. The molecule has 0 N–H and O–H groups in total. The number of benzene rings is 1. The molecule has 3 aromatic rings. The highest BCUT2D eigenvalue weighted by Crippen LogP contribution is 2.34. The summed E-state index contributed by atoms with van der Waals surface area (Å²) in [4.78, 5) is 18.5. The van der Waals surface area contributed by atoms with E-state index in [2.05, 4.69) is 4.98 Å². The lowest BCUT2D eigenvalue weighted by Crippen LogP contribution is -2.31. The maximum atomic E-state index is 12.6. The summed E-state index contributed by atoms with van der Waals surface area (Å²) in [7, 11) is 0. The minimum absolute atomic E-state index is 0.00996. The molecular weight excluding hydrogens is 338 g/mol. The molecule has 0 spiro atoms. The van der Waals surface area contributed by atoms with Crippen LogP contribution >= 0.6 is 11.6 Å². The molecule has 1 amide bonds. The summed E-state index contributed by atoms with van der Waals surface area (Å²) in [6.07, 6.45) is 5.14. The van der Waals surface area contributed by atoms with Crippen molar-refractivity contribution in [2.24, 2.45) is 0 Å². The van der Waals surface area contributed by atoms with Crippen LogP contribution < -0.4 is 0 Å². The molecule has 0 saturated carbocycles. The second-order valence-corrected chi connectivity index (χ2v) is 6.48. The first kappa shape index (κ1) is 16.0. The number of fused-ring (bicyclic) bond motifs is 1. The van der Waals surface area contributed by atoms with E-state index in [0.29, 0.717) is 11.7 Å². The quantitative estimate of drug-likeness (QED) is 0.696. The average molecular weight is 356 g/mol. The normalized spacial score (nSPS) is 17.2. The molecule has 1 saturated heterocycles. The molecule has 1 fully saturated rings. The van der Waals surface area contributed by atoms with Crippen molar-refractivity contribution in [3.8, 4) is 0 Å². The Kier molecular flexibility index (Phi) is 4.32. The molecule has 0 radical (unpaired) electrons. The number of rotatable bonds is 3. The van der Waals surface area contributed by atoms with Crippen molar-refractivity contribution in [3.05, 3.63) is 71.3 Å². The first-order valence-electron chi connectivity index (χ1n) is 8.33. The molecule has 5 nitrogen and oxygen atoms in total. The molecule has 1 atom stereocenters. The van der Waals surface area contributed by atoms with Gasteiger partial charge in [0.2, 0.25) is 0 Å². The van der Waals surface area contributed by atoms with Gasteiger partial charge in [0, 0.05) is 24.6 Å². The Morgan fingerprint density at radius 2 is 2.08 bits per heavy atom. The van der Waals surface area contributed by atoms with E-state index in [-0.39, 0.29) is 18.7 Å².